The van der Waals surface area contributed by atoms with Crippen LogP contribution in [0.25, 0.3) is 55.6 Å². The summed E-state index contributed by atoms with van der Waals surface area (Å²) in [6.07, 6.45) is 1.21. The molecule has 10 aromatic rings. The SMILES string of the molecule is CC.CC.CC.CC.CC.CS(=O)(=O)c1ccc(-c2ccccc2)cc1.Fc1ccc(-c2ccccc2)cc1.Fc1ccc(-c2ccccc2)cc1F.N#Cc1ccc(-c2ccccc2)cc1.O=[N+]([O-])c1ccc(-c2ccccc2)cc1. The highest BCUT2D eigenvalue weighted by Gasteiger charge is 2.08. The molecule has 10 heteroatoms. The topological polar surface area (TPSA) is 101 Å². The van der Waals surface area contributed by atoms with Crippen LogP contribution in [0.4, 0.5) is 18.9 Å². The van der Waals surface area contributed by atoms with Crippen LogP contribution in [0.1, 0.15) is 74.8 Å². The third-order valence-corrected chi connectivity index (χ3v) is 11.8. The van der Waals surface area contributed by atoms with Crippen LogP contribution in [0.15, 0.2) is 272 Å². The number of nitriles is 1. The number of hydrogen-bond donors (Lipinski definition) is 0. The quantitative estimate of drug-likeness (QED) is 0.117. The van der Waals surface area contributed by atoms with Crippen molar-refractivity contribution in [1.29, 1.82) is 5.26 Å². The molecule has 10 rings (SSSR count). The summed E-state index contributed by atoms with van der Waals surface area (Å²) in [5, 5.41) is 19.1. The lowest BCUT2D eigenvalue weighted by Gasteiger charge is -2.02. The Morgan fingerprint density at radius 1 is 0.354 bits per heavy atom. The zero-order valence-electron chi connectivity index (χ0n) is 49.0. The van der Waals surface area contributed by atoms with E-state index in [0.29, 0.717) is 16.0 Å². The number of sulfone groups is 1. The first-order chi connectivity index (χ1) is 39.9. The number of rotatable bonds is 7. The Hall–Kier alpha value is -9.17. The standard InChI is InChI=1S/C13H9N.C13H12O2S.C12H8F2.C12H9F.C12H9NO2.5C2H6/c14-10-11-6-8-13(9-7-11)12-4-2-1-3-5-12;1-16(14,15)13-9-7-12(8-10-13)11-5-3-2-4-6-11;13-11-7-6-10(8-12(11)14)9-4-2-1-3-5-9;13-12-8-6-11(7-9-12)10-4-2-1-3-5-10;14-13(15)12-8-6-11(7-9-12)10-4-2-1-3-5-10;5*1-2/h1-9H;2-10H,1H3;1-8H;1-9H;1-9H;5*1-2H3. The van der Waals surface area contributed by atoms with Gasteiger partial charge in [0.2, 0.25) is 0 Å². The van der Waals surface area contributed by atoms with E-state index in [-0.39, 0.29) is 11.5 Å². The van der Waals surface area contributed by atoms with Gasteiger partial charge in [-0.1, -0.05) is 263 Å². The largest absolute Gasteiger partial charge is 0.269 e. The summed E-state index contributed by atoms with van der Waals surface area (Å²) >= 11 is 0. The predicted molar refractivity (Wildman–Crippen MR) is 340 cm³/mol. The van der Waals surface area contributed by atoms with Gasteiger partial charge in [-0.25, -0.2) is 21.6 Å². The second-order valence-electron chi connectivity index (χ2n) is 15.8. The summed E-state index contributed by atoms with van der Waals surface area (Å²) < 4.78 is 60.7. The lowest BCUT2D eigenvalue weighted by molar-refractivity contribution is -0.384. The number of nitro groups is 1. The van der Waals surface area contributed by atoms with Crippen molar-refractivity contribution in [2.24, 2.45) is 0 Å². The molecule has 0 unspecified atom stereocenters. The van der Waals surface area contributed by atoms with E-state index in [1.54, 1.807) is 42.5 Å². The first-order valence-corrected chi connectivity index (χ1v) is 29.3. The molecule has 0 heterocycles. The van der Waals surface area contributed by atoms with Gasteiger partial charge in [-0.2, -0.15) is 5.26 Å². The smallest absolute Gasteiger partial charge is 0.258 e. The molecule has 82 heavy (non-hydrogen) atoms. The van der Waals surface area contributed by atoms with E-state index in [4.69, 9.17) is 5.26 Å². The van der Waals surface area contributed by atoms with Gasteiger partial charge in [0.15, 0.2) is 21.5 Å². The molecular formula is C72H77F3N2O4S. The lowest BCUT2D eigenvalue weighted by Crippen LogP contribution is -1.96. The van der Waals surface area contributed by atoms with Crippen LogP contribution >= 0.6 is 0 Å². The van der Waals surface area contributed by atoms with Gasteiger partial charge >= 0.3 is 0 Å². The van der Waals surface area contributed by atoms with Crippen LogP contribution in [0.3, 0.4) is 0 Å². The summed E-state index contributed by atoms with van der Waals surface area (Å²) in [7, 11) is -3.10. The van der Waals surface area contributed by atoms with E-state index in [9.17, 15) is 31.7 Å². The maximum Gasteiger partial charge on any atom is 0.269 e. The number of non-ortho nitro benzene ring substituents is 1. The van der Waals surface area contributed by atoms with Gasteiger partial charge < -0.3 is 0 Å². The summed E-state index contributed by atoms with van der Waals surface area (Å²) in [4.78, 5) is 10.4. The van der Waals surface area contributed by atoms with E-state index >= 15 is 0 Å². The highest BCUT2D eigenvalue weighted by molar-refractivity contribution is 7.90. The summed E-state index contributed by atoms with van der Waals surface area (Å²) in [6.45, 7) is 20.0. The fraction of sp³-hybridized carbons (Fsp3) is 0.153. The number of hydrogen-bond acceptors (Lipinski definition) is 5. The molecule has 0 amide bonds. The molecule has 426 valence electrons. The molecule has 0 N–H and O–H groups in total. The van der Waals surface area contributed by atoms with Gasteiger partial charge in [-0.15, -0.1) is 0 Å². The molecular weight excluding hydrogens is 1050 g/mol. The molecule has 0 radical (unpaired) electrons. The number of halogens is 3. The van der Waals surface area contributed by atoms with Crippen molar-refractivity contribution < 1.29 is 26.5 Å². The van der Waals surface area contributed by atoms with Gasteiger partial charge in [0.25, 0.3) is 5.69 Å². The molecule has 0 aromatic heterocycles. The Labute approximate surface area is 487 Å². The van der Waals surface area contributed by atoms with Gasteiger partial charge in [0, 0.05) is 18.4 Å². The third-order valence-electron chi connectivity index (χ3n) is 10.7. The lowest BCUT2D eigenvalue weighted by atomic mass is 10.0. The minimum absolute atomic E-state index is 0.120. The fourth-order valence-electron chi connectivity index (χ4n) is 6.88. The molecule has 0 saturated heterocycles. The third kappa shape index (κ3) is 25.7. The highest BCUT2D eigenvalue weighted by Crippen LogP contribution is 2.24. The van der Waals surface area contributed by atoms with Crippen LogP contribution in [0.5, 0.6) is 0 Å². The van der Waals surface area contributed by atoms with Crippen molar-refractivity contribution in [3.8, 4) is 61.7 Å². The molecule has 0 aliphatic rings. The van der Waals surface area contributed by atoms with Crippen molar-refractivity contribution in [2.75, 3.05) is 6.26 Å². The van der Waals surface area contributed by atoms with Crippen molar-refractivity contribution >= 4 is 15.5 Å². The van der Waals surface area contributed by atoms with Gasteiger partial charge in [0.1, 0.15) is 5.82 Å². The Balaban J connectivity index is 0.000000493. The van der Waals surface area contributed by atoms with Crippen molar-refractivity contribution in [1.82, 2.24) is 0 Å². The van der Waals surface area contributed by atoms with Crippen LogP contribution in [0, 0.1) is 38.9 Å². The Morgan fingerprint density at radius 2 is 0.610 bits per heavy atom. The molecule has 0 saturated carbocycles. The minimum atomic E-state index is -3.10. The van der Waals surface area contributed by atoms with Crippen LogP contribution in [0.2, 0.25) is 0 Å². The summed E-state index contributed by atoms with van der Waals surface area (Å²) in [5.41, 5.74) is 11.0. The summed E-state index contributed by atoms with van der Waals surface area (Å²) in [5.74, 6) is -1.82. The normalized spacial score (nSPS) is 9.28. The molecule has 0 bridgehead atoms. The molecule has 10 aromatic carbocycles. The average molecular weight is 1120 g/mol. The van der Waals surface area contributed by atoms with Crippen LogP contribution in [-0.2, 0) is 9.84 Å². The first-order valence-electron chi connectivity index (χ1n) is 27.4. The van der Waals surface area contributed by atoms with Crippen LogP contribution < -0.4 is 0 Å². The molecule has 0 aliphatic carbocycles. The number of nitro benzene ring substituents is 1. The van der Waals surface area contributed by atoms with Gasteiger partial charge in [0.05, 0.1) is 21.5 Å². The predicted octanol–water partition coefficient (Wildman–Crippen LogP) is 21.5. The second kappa shape index (κ2) is 41.8. The minimum Gasteiger partial charge on any atom is -0.258 e. The van der Waals surface area contributed by atoms with Crippen molar-refractivity contribution in [3.05, 3.63) is 300 Å². The fourth-order valence-corrected chi connectivity index (χ4v) is 7.51. The van der Waals surface area contributed by atoms with Gasteiger partial charge in [-0.05, 0) is 116 Å². The van der Waals surface area contributed by atoms with Crippen molar-refractivity contribution in [3.63, 3.8) is 0 Å². The molecule has 0 spiro atoms. The molecule has 6 nitrogen and oxygen atoms in total. The van der Waals surface area contributed by atoms with Crippen molar-refractivity contribution in [2.45, 2.75) is 74.1 Å². The number of benzene rings is 10. The summed E-state index contributed by atoms with van der Waals surface area (Å²) in [6, 6.07) is 82.6. The number of nitrogens with zero attached hydrogens (tertiary/aromatic N) is 2. The van der Waals surface area contributed by atoms with Gasteiger partial charge in [-0.3, -0.25) is 10.1 Å². The first kappa shape index (κ1) is 70.8. The molecule has 0 aliphatic heterocycles. The zero-order valence-corrected chi connectivity index (χ0v) is 49.8. The Kier molecular flexibility index (Phi) is 36.1. The Bertz CT molecular complexity index is 3380. The Morgan fingerprint density at radius 3 is 0.890 bits per heavy atom. The van der Waals surface area contributed by atoms with Crippen LogP contribution in [-0.4, -0.2) is 19.6 Å². The van der Waals surface area contributed by atoms with E-state index < -0.39 is 26.4 Å². The zero-order chi connectivity index (χ0) is 61.1. The molecule has 0 fully saturated rings. The maximum atomic E-state index is 12.9. The average Bonchev–Trinajstić information content (AvgIpc) is 3.60. The monoisotopic (exact) mass is 1120 g/mol. The van der Waals surface area contributed by atoms with E-state index in [1.807, 2.05) is 245 Å². The van der Waals surface area contributed by atoms with E-state index in [2.05, 4.69) is 18.2 Å². The molecule has 0 atom stereocenters. The van der Waals surface area contributed by atoms with E-state index in [0.717, 1.165) is 50.6 Å². The highest BCUT2D eigenvalue weighted by atomic mass is 32.2. The second-order valence-corrected chi connectivity index (χ2v) is 17.8. The maximum absolute atomic E-state index is 12.9. The van der Waals surface area contributed by atoms with E-state index in [1.165, 1.54) is 42.2 Å².